The van der Waals surface area contributed by atoms with E-state index >= 15 is 0 Å². The number of amides is 1. The molecule has 4 nitrogen and oxygen atoms in total. The maximum absolute atomic E-state index is 14.7. The Morgan fingerprint density at radius 3 is 2.33 bits per heavy atom. The summed E-state index contributed by atoms with van der Waals surface area (Å²) in [6, 6.07) is 14.9. The molecule has 0 spiro atoms. The van der Waals surface area contributed by atoms with Gasteiger partial charge in [0.2, 0.25) is 0 Å². The molecule has 1 fully saturated rings. The van der Waals surface area contributed by atoms with Gasteiger partial charge in [0.25, 0.3) is 5.92 Å². The zero-order valence-corrected chi connectivity index (χ0v) is 12.8. The Bertz CT molecular complexity index is 675. The maximum Gasteiger partial charge on any atom is 0.407 e. The lowest BCUT2D eigenvalue weighted by atomic mass is 9.99. The number of carbonyl (C=O) groups is 1. The van der Waals surface area contributed by atoms with Crippen LogP contribution in [0.15, 0.2) is 60.7 Å². The number of benzene rings is 2. The Balaban J connectivity index is 1.65. The first kappa shape index (κ1) is 16.4. The van der Waals surface area contributed by atoms with Crippen LogP contribution in [-0.2, 0) is 22.0 Å². The first-order valence-electron chi connectivity index (χ1n) is 7.59. The summed E-state index contributed by atoms with van der Waals surface area (Å²) in [6.07, 6.45) is -1.61. The number of rotatable bonds is 6. The zero-order valence-electron chi connectivity index (χ0n) is 12.8. The first-order valence-corrected chi connectivity index (χ1v) is 7.59. The zero-order chi connectivity index (χ0) is 17.0. The van der Waals surface area contributed by atoms with Crippen molar-refractivity contribution in [2.75, 3.05) is 6.61 Å². The summed E-state index contributed by atoms with van der Waals surface area (Å²) in [5.41, 5.74) is 0.607. The molecule has 24 heavy (non-hydrogen) atoms. The second kappa shape index (κ2) is 6.97. The number of hydrogen-bond acceptors (Lipinski definition) is 3. The van der Waals surface area contributed by atoms with Gasteiger partial charge in [0, 0.05) is 5.56 Å². The molecule has 0 saturated carbocycles. The fourth-order valence-corrected chi connectivity index (χ4v) is 2.40. The molecule has 1 aliphatic rings. The van der Waals surface area contributed by atoms with Crippen LogP contribution in [0.2, 0.25) is 0 Å². The number of ether oxygens (including phenoxy) is 2. The number of epoxide rings is 1. The molecule has 1 aliphatic heterocycles. The Morgan fingerprint density at radius 1 is 1.17 bits per heavy atom. The minimum atomic E-state index is -3.26. The molecule has 0 radical (unpaired) electrons. The van der Waals surface area contributed by atoms with Crippen molar-refractivity contribution in [3.63, 3.8) is 0 Å². The summed E-state index contributed by atoms with van der Waals surface area (Å²) in [5.74, 6) is -3.26. The number of hydrogen-bond donors (Lipinski definition) is 1. The van der Waals surface area contributed by atoms with E-state index < -0.39 is 24.2 Å². The predicted molar refractivity (Wildman–Crippen MR) is 83.6 cm³/mol. The van der Waals surface area contributed by atoms with Crippen molar-refractivity contribution in [2.45, 2.75) is 24.7 Å². The average molecular weight is 333 g/mol. The van der Waals surface area contributed by atoms with Crippen molar-refractivity contribution in [1.29, 1.82) is 0 Å². The van der Waals surface area contributed by atoms with Gasteiger partial charge in [-0.15, -0.1) is 0 Å². The first-order chi connectivity index (χ1) is 11.6. The number of carbonyl (C=O) groups excluding carboxylic acids is 1. The van der Waals surface area contributed by atoms with Crippen LogP contribution in [0.25, 0.3) is 0 Å². The highest BCUT2D eigenvalue weighted by Gasteiger charge is 2.51. The third kappa shape index (κ3) is 3.89. The predicted octanol–water partition coefficient (Wildman–Crippen LogP) is 3.47. The highest BCUT2D eigenvalue weighted by molar-refractivity contribution is 5.68. The molecule has 1 saturated heterocycles. The van der Waals surface area contributed by atoms with E-state index in [-0.39, 0.29) is 18.8 Å². The van der Waals surface area contributed by atoms with E-state index in [1.807, 2.05) is 6.07 Å². The SMILES string of the molecule is O=C(N[C@H]([C@@H]1CO1)C(F)(F)c1ccccc1)OCc1ccccc1. The van der Waals surface area contributed by atoms with E-state index in [1.165, 1.54) is 24.3 Å². The van der Waals surface area contributed by atoms with Gasteiger partial charge in [-0.2, -0.15) is 8.78 Å². The van der Waals surface area contributed by atoms with Gasteiger partial charge in [-0.1, -0.05) is 60.7 Å². The Labute approximate surface area is 138 Å². The molecular weight excluding hydrogens is 316 g/mol. The monoisotopic (exact) mass is 333 g/mol. The third-order valence-corrected chi connectivity index (χ3v) is 3.77. The Kier molecular flexibility index (Phi) is 4.76. The van der Waals surface area contributed by atoms with Gasteiger partial charge < -0.3 is 14.8 Å². The fourth-order valence-electron chi connectivity index (χ4n) is 2.40. The molecule has 6 heteroatoms. The van der Waals surface area contributed by atoms with Crippen LogP contribution in [0, 0.1) is 0 Å². The molecule has 1 N–H and O–H groups in total. The standard InChI is InChI=1S/C18H17F2NO3/c19-18(20,14-9-5-2-6-10-14)16(15-12-23-15)21-17(22)24-11-13-7-3-1-4-8-13/h1-10,15-16H,11-12H2,(H,21,22)/t15-,16+/m0/s1. The van der Waals surface area contributed by atoms with Crippen LogP contribution in [-0.4, -0.2) is 24.8 Å². The second-order valence-electron chi connectivity index (χ2n) is 5.54. The molecule has 0 unspecified atom stereocenters. The molecule has 1 amide bonds. The van der Waals surface area contributed by atoms with E-state index in [9.17, 15) is 13.6 Å². The van der Waals surface area contributed by atoms with E-state index in [2.05, 4.69) is 5.32 Å². The van der Waals surface area contributed by atoms with Gasteiger partial charge in [-0.3, -0.25) is 0 Å². The Hall–Kier alpha value is -2.47. The molecule has 0 aliphatic carbocycles. The van der Waals surface area contributed by atoms with Crippen LogP contribution in [0.5, 0.6) is 0 Å². The maximum atomic E-state index is 14.7. The molecule has 2 aromatic rings. The van der Waals surface area contributed by atoms with Crippen LogP contribution in [0.1, 0.15) is 11.1 Å². The van der Waals surface area contributed by atoms with Crippen molar-refractivity contribution in [2.24, 2.45) is 0 Å². The van der Waals surface area contributed by atoms with E-state index in [4.69, 9.17) is 9.47 Å². The Morgan fingerprint density at radius 2 is 1.75 bits per heavy atom. The molecule has 0 bridgehead atoms. The number of nitrogens with one attached hydrogen (secondary N) is 1. The highest BCUT2D eigenvalue weighted by atomic mass is 19.3. The van der Waals surface area contributed by atoms with Crippen molar-refractivity contribution < 1.29 is 23.0 Å². The quantitative estimate of drug-likeness (QED) is 0.824. The van der Waals surface area contributed by atoms with Gasteiger partial charge in [-0.05, 0) is 5.56 Å². The minimum absolute atomic E-state index is 0.0157. The van der Waals surface area contributed by atoms with E-state index in [1.54, 1.807) is 30.3 Å². The number of alkyl carbamates (subject to hydrolysis) is 1. The minimum Gasteiger partial charge on any atom is -0.445 e. The fraction of sp³-hybridized carbons (Fsp3) is 0.278. The summed E-state index contributed by atoms with van der Waals surface area (Å²) in [5, 5.41) is 2.25. The molecule has 0 aromatic heterocycles. The average Bonchev–Trinajstić information content (AvgIpc) is 3.44. The number of alkyl halides is 2. The van der Waals surface area contributed by atoms with Crippen molar-refractivity contribution in [3.8, 4) is 0 Å². The van der Waals surface area contributed by atoms with Gasteiger partial charge in [0.15, 0.2) is 0 Å². The highest BCUT2D eigenvalue weighted by Crippen LogP contribution is 2.37. The van der Waals surface area contributed by atoms with Crippen molar-refractivity contribution in [1.82, 2.24) is 5.32 Å². The third-order valence-electron chi connectivity index (χ3n) is 3.77. The molecule has 126 valence electrons. The van der Waals surface area contributed by atoms with Crippen LogP contribution in [0.4, 0.5) is 13.6 Å². The normalized spacial score (nSPS) is 17.8. The van der Waals surface area contributed by atoms with Crippen LogP contribution < -0.4 is 5.32 Å². The molecule has 2 aromatic carbocycles. The summed E-state index contributed by atoms with van der Waals surface area (Å²) in [6.45, 7) is 0.202. The number of halogens is 2. The molecule has 2 atom stereocenters. The van der Waals surface area contributed by atoms with Gasteiger partial charge in [-0.25, -0.2) is 4.79 Å². The van der Waals surface area contributed by atoms with Gasteiger partial charge in [0.05, 0.1) is 6.61 Å². The molecule has 3 rings (SSSR count). The second-order valence-corrected chi connectivity index (χ2v) is 5.54. The van der Waals surface area contributed by atoms with E-state index in [0.717, 1.165) is 5.56 Å². The van der Waals surface area contributed by atoms with Crippen molar-refractivity contribution >= 4 is 6.09 Å². The van der Waals surface area contributed by atoms with Gasteiger partial charge in [0.1, 0.15) is 18.8 Å². The van der Waals surface area contributed by atoms with Crippen LogP contribution in [0.3, 0.4) is 0 Å². The van der Waals surface area contributed by atoms with Gasteiger partial charge >= 0.3 is 6.09 Å². The summed E-state index contributed by atoms with van der Waals surface area (Å²) in [7, 11) is 0. The van der Waals surface area contributed by atoms with Crippen LogP contribution >= 0.6 is 0 Å². The lowest BCUT2D eigenvalue weighted by Gasteiger charge is -2.26. The summed E-state index contributed by atoms with van der Waals surface area (Å²) < 4.78 is 39.4. The lowest BCUT2D eigenvalue weighted by molar-refractivity contribution is -0.0509. The largest absolute Gasteiger partial charge is 0.445 e. The lowest BCUT2D eigenvalue weighted by Crippen LogP contribution is -2.49. The topological polar surface area (TPSA) is 50.9 Å². The van der Waals surface area contributed by atoms with Crippen molar-refractivity contribution in [3.05, 3.63) is 71.8 Å². The van der Waals surface area contributed by atoms with E-state index in [0.29, 0.717) is 0 Å². The molecule has 1 heterocycles. The summed E-state index contributed by atoms with van der Waals surface area (Å²) in [4.78, 5) is 11.9. The molecular formula is C18H17F2NO3. The smallest absolute Gasteiger partial charge is 0.407 e. The summed E-state index contributed by atoms with van der Waals surface area (Å²) >= 11 is 0.